The Kier molecular flexibility index (Phi) is 7.60. The Morgan fingerprint density at radius 3 is 2.35 bits per heavy atom. The Morgan fingerprint density at radius 1 is 1.00 bits per heavy atom. The molecule has 5 aromatic rings. The van der Waals surface area contributed by atoms with Crippen molar-refractivity contribution < 1.29 is 4.74 Å². The Hall–Kier alpha value is -4.92. The fourth-order valence-corrected chi connectivity index (χ4v) is 5.67. The molecule has 0 aliphatic rings. The number of aromatic nitrogens is 4. The SMILES string of the molecule is Cc1cccc(Oc2ccc(-c3c(-c4cnc(C#C[Si](C)(C)C(C)(C)C)cc4C)n(C)c4c(C#N)cnc(N)c34)cc2)n1. The lowest BCUT2D eigenvalue weighted by Crippen LogP contribution is -2.35. The van der Waals surface area contributed by atoms with E-state index in [0.29, 0.717) is 23.0 Å². The summed E-state index contributed by atoms with van der Waals surface area (Å²) >= 11 is 0. The molecule has 0 aliphatic carbocycles. The van der Waals surface area contributed by atoms with Crippen molar-refractivity contribution in [1.82, 2.24) is 19.5 Å². The van der Waals surface area contributed by atoms with E-state index in [1.165, 1.54) is 6.20 Å². The highest BCUT2D eigenvalue weighted by atomic mass is 28.3. The second-order valence-corrected chi connectivity index (χ2v) is 17.4. The molecule has 0 saturated carbocycles. The number of hydrogen-bond donors (Lipinski definition) is 1. The predicted molar refractivity (Wildman–Crippen MR) is 176 cm³/mol. The third-order valence-corrected chi connectivity index (χ3v) is 12.8. The van der Waals surface area contributed by atoms with Gasteiger partial charge in [-0.15, -0.1) is 5.54 Å². The second kappa shape index (κ2) is 11.1. The van der Waals surface area contributed by atoms with Gasteiger partial charge in [0, 0.05) is 42.3 Å². The lowest BCUT2D eigenvalue weighted by Gasteiger charge is -2.31. The number of aryl methyl sites for hydroxylation is 3. The van der Waals surface area contributed by atoms with Crippen molar-refractivity contribution in [3.8, 4) is 51.5 Å². The highest BCUT2D eigenvalue weighted by molar-refractivity contribution is 6.87. The molecule has 0 fully saturated rings. The van der Waals surface area contributed by atoms with Gasteiger partial charge in [0.15, 0.2) is 0 Å². The molecule has 7 nitrogen and oxygen atoms in total. The summed E-state index contributed by atoms with van der Waals surface area (Å²) in [6.45, 7) is 15.3. The fourth-order valence-electron chi connectivity index (χ4n) is 4.85. The minimum absolute atomic E-state index is 0.163. The molecule has 0 saturated heterocycles. The lowest BCUT2D eigenvalue weighted by atomic mass is 9.96. The first-order valence-electron chi connectivity index (χ1n) is 14.2. The Bertz CT molecular complexity index is 1970. The van der Waals surface area contributed by atoms with Gasteiger partial charge in [-0.25, -0.2) is 15.0 Å². The van der Waals surface area contributed by atoms with Crippen LogP contribution in [0.2, 0.25) is 18.1 Å². The maximum atomic E-state index is 9.97. The molecule has 43 heavy (non-hydrogen) atoms. The summed E-state index contributed by atoms with van der Waals surface area (Å²) in [5.41, 5.74) is 17.5. The molecule has 4 heterocycles. The van der Waals surface area contributed by atoms with Crippen LogP contribution in [0.3, 0.4) is 0 Å². The van der Waals surface area contributed by atoms with Gasteiger partial charge in [0.1, 0.15) is 31.4 Å². The summed E-state index contributed by atoms with van der Waals surface area (Å²) < 4.78 is 8.02. The Balaban J connectivity index is 1.66. The standard InChI is InChI=1S/C35H36N6OSi/c1-22-18-26(16-17-43(7,8)35(3,4)5)38-21-28(22)33-30(31-32(41(33)6)25(19-36)20-39-34(31)37)24-12-14-27(15-13-24)42-29-11-9-10-23(2)40-29/h9-15,18,20-21H,1-8H3,(H2,37,39). The largest absolute Gasteiger partial charge is 0.439 e. The van der Waals surface area contributed by atoms with Gasteiger partial charge in [0.25, 0.3) is 0 Å². The van der Waals surface area contributed by atoms with Crippen LogP contribution < -0.4 is 10.5 Å². The van der Waals surface area contributed by atoms with E-state index < -0.39 is 8.07 Å². The number of rotatable bonds is 4. The number of nitrogens with two attached hydrogens (primary N) is 1. The third-order valence-electron chi connectivity index (χ3n) is 8.33. The highest BCUT2D eigenvalue weighted by Crippen LogP contribution is 2.44. The van der Waals surface area contributed by atoms with Gasteiger partial charge in [0.2, 0.25) is 5.88 Å². The van der Waals surface area contributed by atoms with Gasteiger partial charge in [-0.2, -0.15) is 5.26 Å². The van der Waals surface area contributed by atoms with Crippen LogP contribution in [0.25, 0.3) is 33.3 Å². The van der Waals surface area contributed by atoms with Gasteiger partial charge < -0.3 is 15.0 Å². The van der Waals surface area contributed by atoms with Crippen molar-refractivity contribution in [1.29, 1.82) is 5.26 Å². The molecule has 0 radical (unpaired) electrons. The molecule has 0 aliphatic heterocycles. The number of benzene rings is 1. The van der Waals surface area contributed by atoms with Crippen molar-refractivity contribution in [2.24, 2.45) is 7.05 Å². The molecule has 0 unspecified atom stereocenters. The molecule has 4 aromatic heterocycles. The third kappa shape index (κ3) is 5.62. The number of pyridine rings is 3. The Morgan fingerprint density at radius 2 is 1.72 bits per heavy atom. The number of hydrogen-bond acceptors (Lipinski definition) is 6. The molecular weight excluding hydrogens is 549 g/mol. The highest BCUT2D eigenvalue weighted by Gasteiger charge is 2.33. The fraction of sp³-hybridized carbons (Fsp3) is 0.257. The predicted octanol–water partition coefficient (Wildman–Crippen LogP) is 7.96. The van der Waals surface area contributed by atoms with E-state index in [1.54, 1.807) is 0 Å². The maximum absolute atomic E-state index is 9.97. The molecule has 8 heteroatoms. The summed E-state index contributed by atoms with van der Waals surface area (Å²) in [5.74, 6) is 4.91. The quantitative estimate of drug-likeness (QED) is 0.170. The first-order chi connectivity index (χ1) is 20.3. The lowest BCUT2D eigenvalue weighted by molar-refractivity contribution is 0.462. The van der Waals surface area contributed by atoms with E-state index in [-0.39, 0.29) is 5.04 Å². The number of fused-ring (bicyclic) bond motifs is 1. The Labute approximate surface area is 254 Å². The summed E-state index contributed by atoms with van der Waals surface area (Å²) in [6, 6.07) is 17.8. The maximum Gasteiger partial charge on any atom is 0.219 e. The monoisotopic (exact) mass is 584 g/mol. The summed E-state index contributed by atoms with van der Waals surface area (Å²) in [6.07, 6.45) is 3.40. The van der Waals surface area contributed by atoms with Crippen molar-refractivity contribution in [2.75, 3.05) is 5.73 Å². The average molecular weight is 585 g/mol. The van der Waals surface area contributed by atoms with Crippen molar-refractivity contribution in [2.45, 2.75) is 52.8 Å². The van der Waals surface area contributed by atoms with E-state index in [1.807, 2.05) is 73.3 Å². The van der Waals surface area contributed by atoms with Crippen LogP contribution in [0.4, 0.5) is 5.82 Å². The van der Waals surface area contributed by atoms with E-state index in [4.69, 9.17) is 15.5 Å². The molecule has 0 spiro atoms. The van der Waals surface area contributed by atoms with Crippen LogP contribution in [-0.4, -0.2) is 27.6 Å². The number of nitriles is 1. The molecule has 1 aromatic carbocycles. The van der Waals surface area contributed by atoms with Gasteiger partial charge in [-0.1, -0.05) is 58.0 Å². The number of nitrogen functional groups attached to an aromatic ring is 1. The normalized spacial score (nSPS) is 11.6. The average Bonchev–Trinajstić information content (AvgIpc) is 3.26. The molecule has 216 valence electrons. The number of ether oxygens (including phenoxy) is 1. The zero-order valence-corrected chi connectivity index (χ0v) is 27.0. The smallest absolute Gasteiger partial charge is 0.219 e. The minimum Gasteiger partial charge on any atom is -0.439 e. The second-order valence-electron chi connectivity index (χ2n) is 12.4. The van der Waals surface area contributed by atoms with E-state index in [9.17, 15) is 5.26 Å². The molecule has 5 rings (SSSR count). The van der Waals surface area contributed by atoms with Gasteiger partial charge >= 0.3 is 0 Å². The zero-order valence-electron chi connectivity index (χ0n) is 26.0. The number of anilines is 1. The summed E-state index contributed by atoms with van der Waals surface area (Å²) in [4.78, 5) is 13.6. The van der Waals surface area contributed by atoms with Gasteiger partial charge in [-0.05, 0) is 54.3 Å². The van der Waals surface area contributed by atoms with Crippen LogP contribution in [-0.2, 0) is 7.05 Å². The first kappa shape index (κ1) is 29.6. The van der Waals surface area contributed by atoms with Gasteiger partial charge in [-0.3, -0.25) is 0 Å². The molecule has 0 atom stereocenters. The summed E-state index contributed by atoms with van der Waals surface area (Å²) in [5, 5.41) is 10.9. The van der Waals surface area contributed by atoms with E-state index in [0.717, 1.165) is 50.2 Å². The first-order valence-corrected chi connectivity index (χ1v) is 17.2. The molecule has 0 amide bonds. The zero-order chi connectivity index (χ0) is 31.1. The van der Waals surface area contributed by atoms with Gasteiger partial charge in [0.05, 0.1) is 22.2 Å². The molecular formula is C35H36N6OSi. The summed E-state index contributed by atoms with van der Waals surface area (Å²) in [7, 11) is 0.164. The van der Waals surface area contributed by atoms with Crippen LogP contribution >= 0.6 is 0 Å². The molecule has 0 bridgehead atoms. The topological polar surface area (TPSA) is 103 Å². The minimum atomic E-state index is -1.79. The van der Waals surface area contributed by atoms with Crippen molar-refractivity contribution in [3.05, 3.63) is 83.4 Å². The van der Waals surface area contributed by atoms with Crippen LogP contribution in [0, 0.1) is 36.6 Å². The molecule has 2 N–H and O–H groups in total. The van der Waals surface area contributed by atoms with Crippen LogP contribution in [0.1, 0.15) is 43.3 Å². The van der Waals surface area contributed by atoms with Crippen molar-refractivity contribution in [3.63, 3.8) is 0 Å². The number of nitrogens with zero attached hydrogens (tertiary/aromatic N) is 5. The van der Waals surface area contributed by atoms with Crippen molar-refractivity contribution >= 4 is 24.8 Å². The van der Waals surface area contributed by atoms with E-state index >= 15 is 0 Å². The van der Waals surface area contributed by atoms with Crippen LogP contribution in [0.5, 0.6) is 11.6 Å². The van der Waals surface area contributed by atoms with Crippen LogP contribution in [0.15, 0.2) is 60.9 Å². The van der Waals surface area contributed by atoms with E-state index in [2.05, 4.69) is 68.3 Å².